The van der Waals surface area contributed by atoms with Gasteiger partial charge in [-0.3, -0.25) is 9.80 Å². The Morgan fingerprint density at radius 3 is 2.74 bits per heavy atom. The van der Waals surface area contributed by atoms with Crippen molar-refractivity contribution < 1.29 is 0 Å². The largest absolute Gasteiger partial charge is 0.329 e. The maximum Gasteiger partial charge on any atom is 0.0360 e. The van der Waals surface area contributed by atoms with Crippen LogP contribution in [0.1, 0.15) is 45.4 Å². The summed E-state index contributed by atoms with van der Waals surface area (Å²) in [6.07, 6.45) is 8.47. The van der Waals surface area contributed by atoms with E-state index in [0.29, 0.717) is 5.54 Å². The Balaban J connectivity index is 1.67. The zero-order chi connectivity index (χ0) is 13.5. The highest BCUT2D eigenvalue weighted by molar-refractivity contribution is 5.08. The first kappa shape index (κ1) is 13.8. The standard InChI is InChI=1S/C16H31N3/c1-3-19-8-4-5-15(19)11-18(2)16(12-17)10-13-6-7-14(16)9-13/h13-15H,3-12,17H2,1-2H3. The number of likely N-dealkylation sites (tertiary alicyclic amines) is 1. The van der Waals surface area contributed by atoms with E-state index in [2.05, 4.69) is 23.8 Å². The van der Waals surface area contributed by atoms with Crippen LogP contribution in [0.15, 0.2) is 0 Å². The molecule has 3 heteroatoms. The summed E-state index contributed by atoms with van der Waals surface area (Å²) >= 11 is 0. The number of hydrogen-bond acceptors (Lipinski definition) is 3. The molecule has 4 unspecified atom stereocenters. The van der Waals surface area contributed by atoms with Crippen LogP contribution in [0.5, 0.6) is 0 Å². The van der Waals surface area contributed by atoms with Crippen molar-refractivity contribution in [3.8, 4) is 0 Å². The molecule has 2 N–H and O–H groups in total. The van der Waals surface area contributed by atoms with E-state index < -0.39 is 0 Å². The van der Waals surface area contributed by atoms with Crippen LogP contribution in [0.25, 0.3) is 0 Å². The van der Waals surface area contributed by atoms with Crippen LogP contribution in [0, 0.1) is 11.8 Å². The molecule has 4 atom stereocenters. The van der Waals surface area contributed by atoms with Gasteiger partial charge >= 0.3 is 0 Å². The number of hydrogen-bond donors (Lipinski definition) is 1. The lowest BCUT2D eigenvalue weighted by Crippen LogP contribution is -2.58. The van der Waals surface area contributed by atoms with Crippen molar-refractivity contribution in [3.05, 3.63) is 0 Å². The molecule has 3 nitrogen and oxygen atoms in total. The molecule has 0 radical (unpaired) electrons. The predicted molar refractivity (Wildman–Crippen MR) is 80.1 cm³/mol. The second kappa shape index (κ2) is 5.34. The van der Waals surface area contributed by atoms with Crippen LogP contribution < -0.4 is 5.73 Å². The van der Waals surface area contributed by atoms with Gasteiger partial charge in [-0.1, -0.05) is 13.3 Å². The fourth-order valence-corrected chi connectivity index (χ4v) is 5.30. The molecule has 3 aliphatic rings. The zero-order valence-electron chi connectivity index (χ0n) is 12.8. The maximum atomic E-state index is 6.24. The Kier molecular flexibility index (Phi) is 3.89. The van der Waals surface area contributed by atoms with Gasteiger partial charge in [0.25, 0.3) is 0 Å². The Hall–Kier alpha value is -0.120. The van der Waals surface area contributed by atoms with Crippen LogP contribution in [0.4, 0.5) is 0 Å². The number of nitrogens with zero attached hydrogens (tertiary/aromatic N) is 2. The molecule has 1 aliphatic heterocycles. The molecule has 2 aliphatic carbocycles. The van der Waals surface area contributed by atoms with Crippen molar-refractivity contribution >= 4 is 0 Å². The van der Waals surface area contributed by atoms with Crippen LogP contribution in [0.3, 0.4) is 0 Å². The minimum Gasteiger partial charge on any atom is -0.329 e. The molecule has 0 aromatic rings. The molecule has 0 spiro atoms. The maximum absolute atomic E-state index is 6.24. The zero-order valence-corrected chi connectivity index (χ0v) is 12.8. The molecular formula is C16H31N3. The Bertz CT molecular complexity index is 319. The summed E-state index contributed by atoms with van der Waals surface area (Å²) < 4.78 is 0. The molecule has 2 bridgehead atoms. The van der Waals surface area contributed by atoms with E-state index >= 15 is 0 Å². The lowest BCUT2D eigenvalue weighted by Gasteiger charge is -2.46. The van der Waals surface area contributed by atoms with Crippen molar-refractivity contribution in [1.82, 2.24) is 9.80 Å². The van der Waals surface area contributed by atoms with E-state index in [0.717, 1.165) is 24.4 Å². The third kappa shape index (κ3) is 2.24. The van der Waals surface area contributed by atoms with Gasteiger partial charge in [0.15, 0.2) is 0 Å². The molecule has 3 rings (SSSR count). The predicted octanol–water partition coefficient (Wildman–Crippen LogP) is 1.92. The van der Waals surface area contributed by atoms with E-state index in [4.69, 9.17) is 5.73 Å². The van der Waals surface area contributed by atoms with Crippen LogP contribution >= 0.6 is 0 Å². The topological polar surface area (TPSA) is 32.5 Å². The van der Waals surface area contributed by atoms with Crippen molar-refractivity contribution in [2.45, 2.75) is 57.0 Å². The van der Waals surface area contributed by atoms with E-state index in [1.165, 1.54) is 58.2 Å². The number of rotatable bonds is 5. The molecule has 0 aromatic heterocycles. The smallest absolute Gasteiger partial charge is 0.0360 e. The summed E-state index contributed by atoms with van der Waals surface area (Å²) in [7, 11) is 2.35. The summed E-state index contributed by atoms with van der Waals surface area (Å²) in [5, 5.41) is 0. The van der Waals surface area contributed by atoms with Gasteiger partial charge < -0.3 is 5.73 Å². The fraction of sp³-hybridized carbons (Fsp3) is 1.00. The molecule has 3 fully saturated rings. The fourth-order valence-electron chi connectivity index (χ4n) is 5.30. The highest BCUT2D eigenvalue weighted by atomic mass is 15.3. The molecule has 2 saturated carbocycles. The van der Waals surface area contributed by atoms with Crippen molar-refractivity contribution in [2.24, 2.45) is 17.6 Å². The summed E-state index contributed by atoms with van der Waals surface area (Å²) in [6.45, 7) is 6.91. The SMILES string of the molecule is CCN1CCCC1CN(C)C1(CN)CC2CCC1C2. The molecule has 1 saturated heterocycles. The number of likely N-dealkylation sites (N-methyl/N-ethyl adjacent to an activating group) is 2. The van der Waals surface area contributed by atoms with Gasteiger partial charge in [-0.2, -0.15) is 0 Å². The second-order valence-electron chi connectivity index (χ2n) is 7.19. The Morgan fingerprint density at radius 2 is 2.16 bits per heavy atom. The molecular weight excluding hydrogens is 234 g/mol. The van der Waals surface area contributed by atoms with Gasteiger partial charge in [-0.25, -0.2) is 0 Å². The average Bonchev–Trinajstić information content (AvgIpc) is 3.13. The minimum absolute atomic E-state index is 0.338. The van der Waals surface area contributed by atoms with Crippen LogP contribution in [-0.4, -0.2) is 54.6 Å². The first-order valence-corrected chi connectivity index (χ1v) is 8.35. The normalized spacial score (nSPS) is 42.6. The highest BCUT2D eigenvalue weighted by Crippen LogP contribution is 2.52. The summed E-state index contributed by atoms with van der Waals surface area (Å²) in [6, 6.07) is 0.776. The molecule has 0 aromatic carbocycles. The monoisotopic (exact) mass is 265 g/mol. The minimum atomic E-state index is 0.338. The van der Waals surface area contributed by atoms with Crippen LogP contribution in [0.2, 0.25) is 0 Å². The van der Waals surface area contributed by atoms with E-state index in [1.54, 1.807) is 0 Å². The first-order chi connectivity index (χ1) is 9.19. The van der Waals surface area contributed by atoms with Gasteiger partial charge in [0, 0.05) is 24.7 Å². The molecule has 110 valence electrons. The van der Waals surface area contributed by atoms with Gasteiger partial charge in [0.2, 0.25) is 0 Å². The average molecular weight is 265 g/mol. The van der Waals surface area contributed by atoms with Gasteiger partial charge in [0.1, 0.15) is 0 Å². The highest BCUT2D eigenvalue weighted by Gasteiger charge is 2.52. The van der Waals surface area contributed by atoms with Crippen molar-refractivity contribution in [3.63, 3.8) is 0 Å². The number of fused-ring (bicyclic) bond motifs is 2. The lowest BCUT2D eigenvalue weighted by atomic mass is 9.79. The van der Waals surface area contributed by atoms with E-state index in [9.17, 15) is 0 Å². The third-order valence-electron chi connectivity index (χ3n) is 6.45. The van der Waals surface area contributed by atoms with Crippen molar-refractivity contribution in [2.75, 3.05) is 33.2 Å². The Labute approximate surface area is 118 Å². The quantitative estimate of drug-likeness (QED) is 0.824. The Morgan fingerprint density at radius 1 is 1.32 bits per heavy atom. The van der Waals surface area contributed by atoms with Gasteiger partial charge in [0.05, 0.1) is 0 Å². The van der Waals surface area contributed by atoms with Gasteiger partial charge in [-0.15, -0.1) is 0 Å². The van der Waals surface area contributed by atoms with E-state index in [1.807, 2.05) is 0 Å². The van der Waals surface area contributed by atoms with Gasteiger partial charge in [-0.05, 0) is 64.1 Å². The van der Waals surface area contributed by atoms with Crippen LogP contribution in [-0.2, 0) is 0 Å². The molecule has 0 amide bonds. The molecule has 19 heavy (non-hydrogen) atoms. The second-order valence-corrected chi connectivity index (χ2v) is 7.19. The summed E-state index contributed by atoms with van der Waals surface area (Å²) in [5.41, 5.74) is 6.58. The first-order valence-electron chi connectivity index (χ1n) is 8.35. The number of nitrogens with two attached hydrogens (primary N) is 1. The summed E-state index contributed by atoms with van der Waals surface area (Å²) in [5.74, 6) is 1.85. The molecule has 1 heterocycles. The van der Waals surface area contributed by atoms with E-state index in [-0.39, 0.29) is 0 Å². The lowest BCUT2D eigenvalue weighted by molar-refractivity contribution is 0.0447. The van der Waals surface area contributed by atoms with Crippen molar-refractivity contribution in [1.29, 1.82) is 0 Å². The summed E-state index contributed by atoms with van der Waals surface area (Å²) in [4.78, 5) is 5.32. The third-order valence-corrected chi connectivity index (χ3v) is 6.45.